The molecule has 10 rings (SSSR count). The molecule has 2 saturated heterocycles. The minimum atomic E-state index is -1.32. The first-order chi connectivity index (χ1) is 24.1. The van der Waals surface area contributed by atoms with Crippen molar-refractivity contribution < 1.29 is 48.9 Å². The van der Waals surface area contributed by atoms with Crippen molar-refractivity contribution >= 4 is 17.7 Å². The van der Waals surface area contributed by atoms with Crippen LogP contribution in [0.5, 0.6) is 40.2 Å². The van der Waals surface area contributed by atoms with E-state index in [9.17, 15) is 25.2 Å². The van der Waals surface area contributed by atoms with Crippen LogP contribution in [0.3, 0.4) is 0 Å². The maximum absolute atomic E-state index is 14.5. The molecule has 7 atom stereocenters. The largest absolute Gasteiger partial charge is 0.507 e. The van der Waals surface area contributed by atoms with E-state index in [1.54, 1.807) is 19.1 Å². The third-order valence-corrected chi connectivity index (χ3v) is 13.0. The highest BCUT2D eigenvalue weighted by Crippen LogP contribution is 2.63. The van der Waals surface area contributed by atoms with Gasteiger partial charge < -0.3 is 49.4 Å². The highest BCUT2D eigenvalue weighted by Gasteiger charge is 2.59. The number of nitrogens with zero attached hydrogens (tertiary/aromatic N) is 1. The van der Waals surface area contributed by atoms with Gasteiger partial charge in [0.15, 0.2) is 40.0 Å². The Morgan fingerprint density at radius 3 is 2.56 bits per heavy atom. The SMILES string of the molecule is COc1cc2c(cc1O)CCN[C@]21CS[C@@H]2c3c(O)c(C)c4c(c3[C@@H](COC1=O)N1C2C2N[C@H](Cc3cc(C)c(OC)c(O)c32)[C@@H]1O)OCO4. The predicted molar refractivity (Wildman–Crippen MR) is 180 cm³/mol. The van der Waals surface area contributed by atoms with Crippen molar-refractivity contribution in [3.05, 3.63) is 62.7 Å². The van der Waals surface area contributed by atoms with Gasteiger partial charge in [0, 0.05) is 40.6 Å². The Balaban J connectivity index is 1.28. The Kier molecular flexibility index (Phi) is 7.14. The summed E-state index contributed by atoms with van der Waals surface area (Å²) in [7, 11) is 3.00. The number of phenols is 3. The van der Waals surface area contributed by atoms with E-state index in [0.717, 1.165) is 16.7 Å². The van der Waals surface area contributed by atoms with Crippen molar-refractivity contribution in [2.45, 2.75) is 67.9 Å². The number of aliphatic hydroxyl groups excluding tert-OH is 1. The molecule has 50 heavy (non-hydrogen) atoms. The molecule has 264 valence electrons. The molecule has 2 fully saturated rings. The first kappa shape index (κ1) is 31.9. The number of methoxy groups -OCH3 is 2. The second-order valence-corrected chi connectivity index (χ2v) is 15.1. The molecule has 0 amide bonds. The lowest BCUT2D eigenvalue weighted by atomic mass is 9.74. The third kappa shape index (κ3) is 4.13. The first-order valence-electron chi connectivity index (χ1n) is 16.8. The highest BCUT2D eigenvalue weighted by atomic mass is 32.2. The molecule has 4 bridgehead atoms. The number of hydrogen-bond acceptors (Lipinski definition) is 14. The zero-order valence-corrected chi connectivity index (χ0v) is 28.8. The number of aromatic hydroxyl groups is 3. The van der Waals surface area contributed by atoms with E-state index in [1.807, 2.05) is 17.9 Å². The number of thioether (sulfide) groups is 1. The lowest BCUT2D eigenvalue weighted by Crippen LogP contribution is -2.69. The molecule has 0 saturated carbocycles. The average molecular weight is 706 g/mol. The first-order valence-corrected chi connectivity index (χ1v) is 17.8. The Hall–Kier alpha value is -4.08. The number of hydrogen-bond donors (Lipinski definition) is 6. The minimum absolute atomic E-state index is 0.0115. The number of phenolic OH excluding ortho intramolecular Hbond substituents is 3. The number of esters is 1. The van der Waals surface area contributed by atoms with Gasteiger partial charge in [-0.2, -0.15) is 0 Å². The van der Waals surface area contributed by atoms with E-state index in [1.165, 1.54) is 26.0 Å². The van der Waals surface area contributed by atoms with Gasteiger partial charge in [-0.05, 0) is 61.1 Å². The summed E-state index contributed by atoms with van der Waals surface area (Å²) in [5.74, 6) is 1.27. The summed E-state index contributed by atoms with van der Waals surface area (Å²) in [4.78, 5) is 16.5. The molecule has 0 aromatic heterocycles. The van der Waals surface area contributed by atoms with Crippen LogP contribution < -0.4 is 29.6 Å². The van der Waals surface area contributed by atoms with Gasteiger partial charge in [0.1, 0.15) is 18.6 Å². The molecule has 7 aliphatic heterocycles. The van der Waals surface area contributed by atoms with Crippen LogP contribution in [0, 0.1) is 13.8 Å². The van der Waals surface area contributed by atoms with Crippen LogP contribution in [0.1, 0.15) is 61.8 Å². The van der Waals surface area contributed by atoms with Crippen LogP contribution in [-0.4, -0.2) is 89.5 Å². The monoisotopic (exact) mass is 705 g/mol. The van der Waals surface area contributed by atoms with Crippen molar-refractivity contribution in [1.29, 1.82) is 0 Å². The van der Waals surface area contributed by atoms with Crippen LogP contribution in [0.2, 0.25) is 0 Å². The second-order valence-electron chi connectivity index (χ2n) is 13.9. The van der Waals surface area contributed by atoms with Gasteiger partial charge in [0.25, 0.3) is 0 Å². The number of nitrogens with one attached hydrogen (secondary N) is 2. The number of ether oxygens (including phenoxy) is 5. The number of fused-ring (bicyclic) bond motifs is 9. The molecule has 3 aromatic rings. The molecule has 6 N–H and O–H groups in total. The van der Waals surface area contributed by atoms with E-state index in [0.29, 0.717) is 64.5 Å². The maximum atomic E-state index is 14.5. The van der Waals surface area contributed by atoms with E-state index in [-0.39, 0.29) is 42.2 Å². The number of aryl methyl sites for hydroxylation is 1. The Morgan fingerprint density at radius 1 is 0.980 bits per heavy atom. The second kappa shape index (κ2) is 11.2. The van der Waals surface area contributed by atoms with Crippen LogP contribution in [-0.2, 0) is 27.9 Å². The summed E-state index contributed by atoms with van der Waals surface area (Å²) in [6.45, 7) is 3.93. The molecule has 7 aliphatic rings. The van der Waals surface area contributed by atoms with E-state index >= 15 is 0 Å². The summed E-state index contributed by atoms with van der Waals surface area (Å²) >= 11 is 1.46. The molecule has 1 spiro atoms. The van der Waals surface area contributed by atoms with Crippen molar-refractivity contribution in [2.75, 3.05) is 39.9 Å². The number of benzene rings is 3. The molecule has 14 heteroatoms. The zero-order valence-electron chi connectivity index (χ0n) is 28.0. The van der Waals surface area contributed by atoms with Crippen molar-refractivity contribution in [2.24, 2.45) is 0 Å². The fourth-order valence-electron chi connectivity index (χ4n) is 9.34. The zero-order chi connectivity index (χ0) is 34.8. The smallest absolute Gasteiger partial charge is 0.331 e. The topological polar surface area (TPSA) is 171 Å². The number of rotatable bonds is 2. The van der Waals surface area contributed by atoms with Gasteiger partial charge in [-0.25, -0.2) is 4.79 Å². The van der Waals surface area contributed by atoms with Crippen molar-refractivity contribution in [3.8, 4) is 40.2 Å². The quantitative estimate of drug-likeness (QED) is 0.215. The number of carbonyl (C=O) groups excluding carboxylic acids is 1. The van der Waals surface area contributed by atoms with Gasteiger partial charge in [0.05, 0.1) is 37.6 Å². The van der Waals surface area contributed by atoms with Gasteiger partial charge in [-0.1, -0.05) is 6.07 Å². The van der Waals surface area contributed by atoms with Gasteiger partial charge in [-0.3, -0.25) is 10.2 Å². The normalized spacial score (nSPS) is 30.5. The summed E-state index contributed by atoms with van der Waals surface area (Å²) < 4.78 is 29.4. The molecule has 2 unspecified atom stereocenters. The standard InChI is InChI=1S/C36H39N3O10S/c1-14-7-17-8-19-34(43)39-20-11-47-35(44)36(18-10-22(45-3)21(40)9-16(18)5-6-37-36)12-50-33(27(39)26(38-19)23(17)29(42)30(14)46-4)25-24(20)32-31(48-13-49-32)15(2)28(25)41/h7,9-10,19-20,26-27,33-34,37-38,40-43H,5-6,8,11-13H2,1-4H3/t19-,20-,26?,27?,33-,34+,36-/m1/s1. The summed E-state index contributed by atoms with van der Waals surface area (Å²) in [5.41, 5.74) is 4.29. The van der Waals surface area contributed by atoms with Crippen molar-refractivity contribution in [1.82, 2.24) is 15.5 Å². The number of aliphatic hydroxyl groups is 1. The van der Waals surface area contributed by atoms with Crippen LogP contribution in [0.4, 0.5) is 0 Å². The Labute approximate surface area is 292 Å². The average Bonchev–Trinajstić information content (AvgIpc) is 3.60. The Morgan fingerprint density at radius 2 is 1.78 bits per heavy atom. The van der Waals surface area contributed by atoms with Gasteiger partial charge in [0.2, 0.25) is 6.79 Å². The molecule has 7 heterocycles. The third-order valence-electron chi connectivity index (χ3n) is 11.5. The number of carbonyl (C=O) groups is 1. The van der Waals surface area contributed by atoms with E-state index in [4.69, 9.17) is 23.7 Å². The molecular formula is C36H39N3O10S. The van der Waals surface area contributed by atoms with Gasteiger partial charge >= 0.3 is 5.97 Å². The predicted octanol–water partition coefficient (Wildman–Crippen LogP) is 2.85. The highest BCUT2D eigenvalue weighted by molar-refractivity contribution is 7.99. The molecular weight excluding hydrogens is 666 g/mol. The summed E-state index contributed by atoms with van der Waals surface area (Å²) in [6, 6.07) is 3.15. The van der Waals surface area contributed by atoms with E-state index in [2.05, 4.69) is 10.6 Å². The van der Waals surface area contributed by atoms with Crippen molar-refractivity contribution in [3.63, 3.8) is 0 Å². The minimum Gasteiger partial charge on any atom is -0.507 e. The van der Waals surface area contributed by atoms with Gasteiger partial charge in [-0.15, -0.1) is 11.8 Å². The summed E-state index contributed by atoms with van der Waals surface area (Å²) in [5, 5.41) is 53.3. The molecule has 0 aliphatic carbocycles. The maximum Gasteiger partial charge on any atom is 0.331 e. The number of piperazine rings is 1. The molecule has 3 aromatic carbocycles. The lowest BCUT2D eigenvalue weighted by molar-refractivity contribution is -0.164. The summed E-state index contributed by atoms with van der Waals surface area (Å²) in [6.07, 6.45) is 0.00351. The van der Waals surface area contributed by atoms with Crippen LogP contribution in [0.25, 0.3) is 0 Å². The fraction of sp³-hybridized carbons (Fsp3) is 0.472. The fourth-order valence-corrected chi connectivity index (χ4v) is 11.0. The van der Waals surface area contributed by atoms with Crippen LogP contribution in [0.15, 0.2) is 18.2 Å². The van der Waals surface area contributed by atoms with E-state index < -0.39 is 47.2 Å². The lowest BCUT2D eigenvalue weighted by Gasteiger charge is -2.59. The van der Waals surface area contributed by atoms with Crippen LogP contribution >= 0.6 is 11.8 Å². The molecule has 13 nitrogen and oxygen atoms in total. The molecule has 0 radical (unpaired) electrons. The Bertz CT molecular complexity index is 1970.